The molecule has 6 nitrogen and oxygen atoms in total. The Hall–Kier alpha value is -2.50. The van der Waals surface area contributed by atoms with E-state index in [-0.39, 0.29) is 5.91 Å². The summed E-state index contributed by atoms with van der Waals surface area (Å²) >= 11 is 0. The van der Waals surface area contributed by atoms with Crippen molar-refractivity contribution in [1.29, 1.82) is 0 Å². The molecule has 6 heteroatoms. The maximum atomic E-state index is 12.6. The number of carbonyl (C=O) groups is 1. The third-order valence-electron chi connectivity index (χ3n) is 4.06. The lowest BCUT2D eigenvalue weighted by Crippen LogP contribution is -2.35. The van der Waals surface area contributed by atoms with Gasteiger partial charge in [-0.3, -0.25) is 14.8 Å². The summed E-state index contributed by atoms with van der Waals surface area (Å²) in [5.41, 5.74) is 2.55. The fraction of sp³-hybridized carbons (Fsp3) is 0.412. The van der Waals surface area contributed by atoms with E-state index in [1.165, 1.54) is 0 Å². The summed E-state index contributed by atoms with van der Waals surface area (Å²) in [5.74, 6) is 1.00. The predicted octanol–water partition coefficient (Wildman–Crippen LogP) is 1.84. The Morgan fingerprint density at radius 2 is 1.87 bits per heavy atom. The zero-order valence-corrected chi connectivity index (χ0v) is 13.6. The molecular formula is C17H21N5O. The number of aromatic nitrogens is 3. The molecule has 2 aromatic heterocycles. The molecule has 1 saturated heterocycles. The molecule has 3 heterocycles. The maximum Gasteiger partial charge on any atom is 0.254 e. The number of amides is 1. The highest BCUT2D eigenvalue weighted by Gasteiger charge is 2.22. The van der Waals surface area contributed by atoms with E-state index in [4.69, 9.17) is 0 Å². The second-order valence-corrected chi connectivity index (χ2v) is 5.79. The van der Waals surface area contributed by atoms with Crippen molar-refractivity contribution in [1.82, 2.24) is 19.9 Å². The standard InChI is InChI=1S/C17H21N5O/c1-13-12-19-14(2)16(20-13)21-8-3-9-22(11-10-21)17(23)15-4-6-18-7-5-15/h4-7,12H,3,8-11H2,1-2H3. The van der Waals surface area contributed by atoms with Crippen LogP contribution in [0.2, 0.25) is 0 Å². The molecule has 0 atom stereocenters. The van der Waals surface area contributed by atoms with Crippen LogP contribution in [0.25, 0.3) is 0 Å². The number of carbonyl (C=O) groups excluding carboxylic acids is 1. The van der Waals surface area contributed by atoms with Gasteiger partial charge in [-0.25, -0.2) is 4.98 Å². The minimum atomic E-state index is 0.0706. The van der Waals surface area contributed by atoms with Crippen molar-refractivity contribution in [2.45, 2.75) is 20.3 Å². The second-order valence-electron chi connectivity index (χ2n) is 5.79. The summed E-state index contributed by atoms with van der Waals surface area (Å²) in [4.78, 5) is 29.7. The number of nitrogens with zero attached hydrogens (tertiary/aromatic N) is 5. The van der Waals surface area contributed by atoms with Crippen LogP contribution in [0.15, 0.2) is 30.7 Å². The fourth-order valence-electron chi connectivity index (χ4n) is 2.83. The van der Waals surface area contributed by atoms with E-state index in [2.05, 4.69) is 19.9 Å². The van der Waals surface area contributed by atoms with Gasteiger partial charge in [-0.1, -0.05) is 0 Å². The molecule has 0 unspecified atom stereocenters. The van der Waals surface area contributed by atoms with Crippen LogP contribution in [0.5, 0.6) is 0 Å². The van der Waals surface area contributed by atoms with Gasteiger partial charge in [-0.15, -0.1) is 0 Å². The van der Waals surface area contributed by atoms with E-state index in [0.29, 0.717) is 12.1 Å². The van der Waals surface area contributed by atoms with E-state index in [1.807, 2.05) is 18.7 Å². The number of aryl methyl sites for hydroxylation is 2. The van der Waals surface area contributed by atoms with Crippen molar-refractivity contribution >= 4 is 11.7 Å². The molecule has 23 heavy (non-hydrogen) atoms. The average Bonchev–Trinajstić information content (AvgIpc) is 2.83. The largest absolute Gasteiger partial charge is 0.353 e. The van der Waals surface area contributed by atoms with Crippen LogP contribution in [-0.2, 0) is 0 Å². The van der Waals surface area contributed by atoms with E-state index in [9.17, 15) is 4.79 Å². The summed E-state index contributed by atoms with van der Waals surface area (Å²) < 4.78 is 0. The van der Waals surface area contributed by atoms with E-state index >= 15 is 0 Å². The first-order chi connectivity index (χ1) is 11.1. The lowest BCUT2D eigenvalue weighted by Gasteiger charge is -2.24. The molecule has 0 bridgehead atoms. The van der Waals surface area contributed by atoms with Crippen molar-refractivity contribution in [2.24, 2.45) is 0 Å². The van der Waals surface area contributed by atoms with Crippen molar-refractivity contribution in [3.05, 3.63) is 47.7 Å². The Kier molecular flexibility index (Phi) is 4.50. The molecule has 0 spiro atoms. The first-order valence-corrected chi connectivity index (χ1v) is 7.89. The van der Waals surface area contributed by atoms with Gasteiger partial charge in [0.2, 0.25) is 0 Å². The first kappa shape index (κ1) is 15.4. The highest BCUT2D eigenvalue weighted by Crippen LogP contribution is 2.18. The molecule has 1 fully saturated rings. The third kappa shape index (κ3) is 3.47. The molecule has 0 radical (unpaired) electrons. The van der Waals surface area contributed by atoms with Gasteiger partial charge in [0.15, 0.2) is 0 Å². The molecule has 120 valence electrons. The topological polar surface area (TPSA) is 62.2 Å². The lowest BCUT2D eigenvalue weighted by atomic mass is 10.2. The normalized spacial score (nSPS) is 15.4. The summed E-state index contributed by atoms with van der Waals surface area (Å²) in [6, 6.07) is 3.53. The molecule has 0 aromatic carbocycles. The van der Waals surface area contributed by atoms with Crippen molar-refractivity contribution in [3.8, 4) is 0 Å². The predicted molar refractivity (Wildman–Crippen MR) is 88.5 cm³/mol. The monoisotopic (exact) mass is 311 g/mol. The van der Waals surface area contributed by atoms with Gasteiger partial charge in [-0.05, 0) is 32.4 Å². The van der Waals surface area contributed by atoms with Crippen molar-refractivity contribution < 1.29 is 4.79 Å². The van der Waals surface area contributed by atoms with Crippen LogP contribution in [0, 0.1) is 13.8 Å². The van der Waals surface area contributed by atoms with Crippen LogP contribution < -0.4 is 4.90 Å². The molecule has 2 aromatic rings. The summed E-state index contributed by atoms with van der Waals surface area (Å²) in [6.45, 7) is 7.04. The van der Waals surface area contributed by atoms with Crippen molar-refractivity contribution in [3.63, 3.8) is 0 Å². The van der Waals surface area contributed by atoms with Crippen LogP contribution in [-0.4, -0.2) is 51.9 Å². The van der Waals surface area contributed by atoms with E-state index in [1.54, 1.807) is 30.7 Å². The van der Waals surface area contributed by atoms with E-state index < -0.39 is 0 Å². The summed E-state index contributed by atoms with van der Waals surface area (Å²) in [5, 5.41) is 0. The number of hydrogen-bond acceptors (Lipinski definition) is 5. The zero-order valence-electron chi connectivity index (χ0n) is 13.6. The molecule has 0 saturated carbocycles. The quantitative estimate of drug-likeness (QED) is 0.847. The Bertz CT molecular complexity index is 689. The van der Waals surface area contributed by atoms with E-state index in [0.717, 1.165) is 43.3 Å². The Balaban J connectivity index is 1.72. The molecule has 0 aliphatic carbocycles. The average molecular weight is 311 g/mol. The minimum Gasteiger partial charge on any atom is -0.353 e. The van der Waals surface area contributed by atoms with Crippen LogP contribution in [0.3, 0.4) is 0 Å². The van der Waals surface area contributed by atoms with Gasteiger partial charge in [-0.2, -0.15) is 0 Å². The number of rotatable bonds is 2. The Morgan fingerprint density at radius 1 is 1.09 bits per heavy atom. The van der Waals surface area contributed by atoms with Gasteiger partial charge in [0.1, 0.15) is 5.82 Å². The second kappa shape index (κ2) is 6.73. The van der Waals surface area contributed by atoms with Gasteiger partial charge >= 0.3 is 0 Å². The summed E-state index contributed by atoms with van der Waals surface area (Å²) in [6.07, 6.45) is 6.02. The highest BCUT2D eigenvalue weighted by molar-refractivity contribution is 5.94. The van der Waals surface area contributed by atoms with Crippen LogP contribution >= 0.6 is 0 Å². The first-order valence-electron chi connectivity index (χ1n) is 7.89. The molecule has 3 rings (SSSR count). The number of anilines is 1. The molecular weight excluding hydrogens is 290 g/mol. The van der Waals surface area contributed by atoms with Crippen molar-refractivity contribution in [2.75, 3.05) is 31.1 Å². The highest BCUT2D eigenvalue weighted by atomic mass is 16.2. The fourth-order valence-corrected chi connectivity index (χ4v) is 2.83. The maximum absolute atomic E-state index is 12.6. The number of pyridine rings is 1. The van der Waals surface area contributed by atoms with Gasteiger partial charge < -0.3 is 9.80 Å². The summed E-state index contributed by atoms with van der Waals surface area (Å²) in [7, 11) is 0. The molecule has 1 amide bonds. The zero-order chi connectivity index (χ0) is 16.2. The number of hydrogen-bond donors (Lipinski definition) is 0. The Labute approximate surface area is 136 Å². The van der Waals surface area contributed by atoms with Gasteiger partial charge in [0.05, 0.1) is 11.4 Å². The molecule has 1 aliphatic heterocycles. The smallest absolute Gasteiger partial charge is 0.254 e. The van der Waals surface area contributed by atoms with Gasteiger partial charge in [0, 0.05) is 50.3 Å². The van der Waals surface area contributed by atoms with Crippen LogP contribution in [0.4, 0.5) is 5.82 Å². The molecule has 1 aliphatic rings. The SMILES string of the molecule is Cc1cnc(C)c(N2CCCN(C(=O)c3ccncc3)CC2)n1. The van der Waals surface area contributed by atoms with Crippen LogP contribution in [0.1, 0.15) is 28.2 Å². The Morgan fingerprint density at radius 3 is 2.65 bits per heavy atom. The lowest BCUT2D eigenvalue weighted by molar-refractivity contribution is 0.0767. The minimum absolute atomic E-state index is 0.0706. The van der Waals surface area contributed by atoms with Gasteiger partial charge in [0.25, 0.3) is 5.91 Å². The molecule has 0 N–H and O–H groups in total. The third-order valence-corrected chi connectivity index (χ3v) is 4.06.